The number of hydrogen-bond acceptors (Lipinski definition) is 5. The van der Waals surface area contributed by atoms with E-state index in [-0.39, 0.29) is 12.9 Å². The predicted octanol–water partition coefficient (Wildman–Crippen LogP) is -0.369. The molecule has 0 bridgehead atoms. The molecule has 0 fully saturated rings. The summed E-state index contributed by atoms with van der Waals surface area (Å²) in [5, 5.41) is 8.44. The fraction of sp³-hybridized carbons (Fsp3) is 1.00. The molecule has 0 radical (unpaired) electrons. The number of rotatable bonds is 9. The highest BCUT2D eigenvalue weighted by atomic mass is 16.7. The summed E-state index contributed by atoms with van der Waals surface area (Å²) in [5.41, 5.74) is 0. The number of aliphatic hydroxyl groups excluding tert-OH is 1. The van der Waals surface area contributed by atoms with Crippen LogP contribution in [0.2, 0.25) is 0 Å². The minimum absolute atomic E-state index is 0.00844. The van der Waals surface area contributed by atoms with Crippen molar-refractivity contribution in [3.8, 4) is 0 Å². The molecule has 0 aromatic rings. The van der Waals surface area contributed by atoms with E-state index in [9.17, 15) is 0 Å². The lowest BCUT2D eigenvalue weighted by Crippen LogP contribution is -2.24. The lowest BCUT2D eigenvalue weighted by atomic mass is 10.6. The van der Waals surface area contributed by atoms with E-state index in [0.717, 1.165) is 0 Å². The summed E-state index contributed by atoms with van der Waals surface area (Å²) < 4.78 is 20.0. The summed E-state index contributed by atoms with van der Waals surface area (Å²) in [5.74, 6) is 0. The van der Waals surface area contributed by atoms with Gasteiger partial charge in [-0.1, -0.05) is 0 Å². The molecule has 0 spiro atoms. The first-order valence-corrected chi connectivity index (χ1v) is 4.17. The van der Waals surface area contributed by atoms with Crippen molar-refractivity contribution < 1.29 is 24.1 Å². The maximum absolute atomic E-state index is 8.44. The second kappa shape index (κ2) is 9.88. The van der Waals surface area contributed by atoms with Gasteiger partial charge in [-0.15, -0.1) is 0 Å². The largest absolute Gasteiger partial charge is 0.394 e. The van der Waals surface area contributed by atoms with Crippen LogP contribution in [-0.2, 0) is 18.9 Å². The normalized spacial score (nSPS) is 13.2. The molecule has 0 heterocycles. The Bertz CT molecular complexity index is 88.5. The lowest BCUT2D eigenvalue weighted by Gasteiger charge is -2.15. The van der Waals surface area contributed by atoms with Crippen LogP contribution in [0.25, 0.3) is 0 Å². The zero-order chi connectivity index (χ0) is 9.94. The Morgan fingerprint density at radius 1 is 1.15 bits per heavy atom. The summed E-state index contributed by atoms with van der Waals surface area (Å²) >= 11 is 0. The third kappa shape index (κ3) is 8.14. The molecule has 0 saturated carbocycles. The molecule has 0 rings (SSSR count). The van der Waals surface area contributed by atoms with Crippen LogP contribution >= 0.6 is 0 Å². The average molecular weight is 194 g/mol. The molecule has 0 aliphatic heterocycles. The lowest BCUT2D eigenvalue weighted by molar-refractivity contribution is -0.164. The standard InChI is InChI=1S/C8H18O5/c1-10-5-6-13-8(11-2)7-12-4-3-9/h8-9H,3-7H2,1-2H3. The Hall–Kier alpha value is -0.200. The summed E-state index contributed by atoms with van der Waals surface area (Å²) in [7, 11) is 3.15. The Morgan fingerprint density at radius 2 is 1.92 bits per heavy atom. The summed E-state index contributed by atoms with van der Waals surface area (Å²) in [6, 6.07) is 0. The minimum atomic E-state index is -0.387. The highest BCUT2D eigenvalue weighted by Crippen LogP contribution is 1.94. The molecule has 13 heavy (non-hydrogen) atoms. The van der Waals surface area contributed by atoms with Gasteiger partial charge in [0, 0.05) is 14.2 Å². The van der Waals surface area contributed by atoms with Gasteiger partial charge in [0.15, 0.2) is 6.29 Å². The number of ether oxygens (including phenoxy) is 4. The van der Waals surface area contributed by atoms with E-state index in [2.05, 4.69) is 0 Å². The molecule has 0 aliphatic rings. The molecule has 80 valence electrons. The first kappa shape index (κ1) is 12.8. The van der Waals surface area contributed by atoms with Crippen LogP contribution in [0.1, 0.15) is 0 Å². The van der Waals surface area contributed by atoms with Gasteiger partial charge in [0.2, 0.25) is 0 Å². The average Bonchev–Trinajstić information content (AvgIpc) is 2.16. The van der Waals surface area contributed by atoms with Crippen LogP contribution in [0.4, 0.5) is 0 Å². The SMILES string of the molecule is COCCOC(COCCO)OC. The van der Waals surface area contributed by atoms with E-state index in [0.29, 0.717) is 26.4 Å². The van der Waals surface area contributed by atoms with Gasteiger partial charge < -0.3 is 24.1 Å². The first-order chi connectivity index (χ1) is 6.35. The fourth-order valence-corrected chi connectivity index (χ4v) is 0.691. The topological polar surface area (TPSA) is 57.2 Å². The van der Waals surface area contributed by atoms with Crippen molar-refractivity contribution in [2.45, 2.75) is 6.29 Å². The Morgan fingerprint density at radius 3 is 2.46 bits per heavy atom. The Labute approximate surface area is 78.5 Å². The smallest absolute Gasteiger partial charge is 0.180 e. The second-order valence-electron chi connectivity index (χ2n) is 2.33. The highest BCUT2D eigenvalue weighted by molar-refractivity contribution is 4.41. The van der Waals surface area contributed by atoms with Crippen LogP contribution in [0.3, 0.4) is 0 Å². The van der Waals surface area contributed by atoms with Crippen LogP contribution in [-0.4, -0.2) is 58.7 Å². The molecule has 0 amide bonds. The number of methoxy groups -OCH3 is 2. The van der Waals surface area contributed by atoms with Gasteiger partial charge in [-0.3, -0.25) is 0 Å². The van der Waals surface area contributed by atoms with Crippen molar-refractivity contribution in [2.24, 2.45) is 0 Å². The molecular formula is C8H18O5. The third-order valence-electron chi connectivity index (χ3n) is 1.34. The molecule has 0 aliphatic carbocycles. The van der Waals surface area contributed by atoms with Gasteiger partial charge >= 0.3 is 0 Å². The second-order valence-corrected chi connectivity index (χ2v) is 2.33. The Balaban J connectivity index is 3.28. The van der Waals surface area contributed by atoms with Crippen molar-refractivity contribution in [3.63, 3.8) is 0 Å². The molecule has 0 saturated heterocycles. The van der Waals surface area contributed by atoms with Gasteiger partial charge in [0.05, 0.1) is 33.0 Å². The summed E-state index contributed by atoms with van der Waals surface area (Å²) in [4.78, 5) is 0. The third-order valence-corrected chi connectivity index (χ3v) is 1.34. The minimum Gasteiger partial charge on any atom is -0.394 e. The van der Waals surface area contributed by atoms with E-state index in [1.807, 2.05) is 0 Å². The number of aliphatic hydroxyl groups is 1. The van der Waals surface area contributed by atoms with Crippen molar-refractivity contribution in [2.75, 3.05) is 47.3 Å². The maximum Gasteiger partial charge on any atom is 0.180 e. The van der Waals surface area contributed by atoms with E-state index in [1.54, 1.807) is 14.2 Å². The zero-order valence-corrected chi connectivity index (χ0v) is 8.19. The predicted molar refractivity (Wildman–Crippen MR) is 46.5 cm³/mol. The molecular weight excluding hydrogens is 176 g/mol. The van der Waals surface area contributed by atoms with Crippen molar-refractivity contribution in [3.05, 3.63) is 0 Å². The van der Waals surface area contributed by atoms with Crippen LogP contribution in [0, 0.1) is 0 Å². The van der Waals surface area contributed by atoms with Gasteiger partial charge in [0.25, 0.3) is 0 Å². The summed E-state index contributed by atoms with van der Waals surface area (Å²) in [6.07, 6.45) is -0.387. The highest BCUT2D eigenvalue weighted by Gasteiger charge is 2.06. The quantitative estimate of drug-likeness (QED) is 0.401. The van der Waals surface area contributed by atoms with E-state index in [1.165, 1.54) is 0 Å². The van der Waals surface area contributed by atoms with Crippen LogP contribution < -0.4 is 0 Å². The van der Waals surface area contributed by atoms with Crippen LogP contribution in [0.15, 0.2) is 0 Å². The van der Waals surface area contributed by atoms with E-state index < -0.39 is 0 Å². The maximum atomic E-state index is 8.44. The fourth-order valence-electron chi connectivity index (χ4n) is 0.691. The molecule has 1 N–H and O–H groups in total. The van der Waals surface area contributed by atoms with E-state index in [4.69, 9.17) is 24.1 Å². The van der Waals surface area contributed by atoms with Gasteiger partial charge in [-0.05, 0) is 0 Å². The van der Waals surface area contributed by atoms with Crippen LogP contribution in [0.5, 0.6) is 0 Å². The number of hydrogen-bond donors (Lipinski definition) is 1. The van der Waals surface area contributed by atoms with Gasteiger partial charge in [0.1, 0.15) is 0 Å². The zero-order valence-electron chi connectivity index (χ0n) is 8.19. The van der Waals surface area contributed by atoms with Crippen molar-refractivity contribution in [1.82, 2.24) is 0 Å². The molecule has 1 atom stereocenters. The molecule has 0 aromatic carbocycles. The van der Waals surface area contributed by atoms with Gasteiger partial charge in [-0.25, -0.2) is 0 Å². The van der Waals surface area contributed by atoms with Crippen molar-refractivity contribution in [1.29, 1.82) is 0 Å². The van der Waals surface area contributed by atoms with Crippen molar-refractivity contribution >= 4 is 0 Å². The first-order valence-electron chi connectivity index (χ1n) is 4.17. The van der Waals surface area contributed by atoms with Gasteiger partial charge in [-0.2, -0.15) is 0 Å². The molecule has 5 heteroatoms. The van der Waals surface area contributed by atoms with E-state index >= 15 is 0 Å². The molecule has 1 unspecified atom stereocenters. The summed E-state index contributed by atoms with van der Waals surface area (Å²) in [6.45, 7) is 1.63. The molecule has 0 aromatic heterocycles. The Kier molecular flexibility index (Phi) is 9.73. The monoisotopic (exact) mass is 194 g/mol. The molecule has 5 nitrogen and oxygen atoms in total.